The fourth-order valence-electron chi connectivity index (χ4n) is 4.14. The van der Waals surface area contributed by atoms with E-state index in [1.165, 1.54) is 71.3 Å². The number of rotatable bonds is 7. The smallest absolute Gasteiger partial charge is 0.350 e. The number of hydrogen-bond donors (Lipinski definition) is 3. The molecule has 0 bridgehead atoms. The van der Waals surface area contributed by atoms with Crippen LogP contribution >= 0.6 is 0 Å². The Morgan fingerprint density at radius 3 is 2.35 bits per heavy atom. The summed E-state index contributed by atoms with van der Waals surface area (Å²) >= 11 is 0. The molecule has 0 fully saturated rings. The number of nitrogens with one attached hydrogen (secondary N) is 3. The predicted octanol–water partition coefficient (Wildman–Crippen LogP) is 5.04. The molecular weight excluding hydrogens is 544 g/mol. The number of H-pyrrole nitrogens is 1. The number of allylic oxidation sites excluding steroid dienone is 1. The minimum Gasteiger partial charge on any atom is -0.350 e. The van der Waals surface area contributed by atoms with E-state index in [0.717, 1.165) is 0 Å². The van der Waals surface area contributed by atoms with Gasteiger partial charge in [0.1, 0.15) is 5.52 Å². The van der Waals surface area contributed by atoms with Crippen LogP contribution in [-0.2, 0) is 25.4 Å². The van der Waals surface area contributed by atoms with Crippen LogP contribution in [0.3, 0.4) is 0 Å². The van der Waals surface area contributed by atoms with Crippen molar-refractivity contribution in [1.82, 2.24) is 19.4 Å². The number of aromatic amines is 1. The quantitative estimate of drug-likeness (QED) is 0.166. The largest absolute Gasteiger partial charge is 0.522 e. The molecule has 1 aromatic carbocycles. The molecule has 0 spiro atoms. The first-order valence-corrected chi connectivity index (χ1v) is 11.5. The van der Waals surface area contributed by atoms with Gasteiger partial charge >= 0.3 is 12.7 Å². The second-order valence-electron chi connectivity index (χ2n) is 8.80. The molecule has 0 amide bonds. The molecule has 0 aliphatic rings. The predicted molar refractivity (Wildman–Crippen MR) is 136 cm³/mol. The van der Waals surface area contributed by atoms with Gasteiger partial charge in [0, 0.05) is 72.8 Å². The molecule has 0 atom stereocenters. The number of aryl methyl sites for hydroxylation is 2. The number of ether oxygens (including phenoxy) is 1. The number of aromatic nitrogens is 3. The lowest BCUT2D eigenvalue weighted by Crippen LogP contribution is -2.26. The highest BCUT2D eigenvalue weighted by molar-refractivity contribution is 6.10. The van der Waals surface area contributed by atoms with Gasteiger partial charge in [-0.2, -0.15) is 13.2 Å². The van der Waals surface area contributed by atoms with Crippen molar-refractivity contribution in [1.29, 1.82) is 5.41 Å². The van der Waals surface area contributed by atoms with Crippen LogP contribution in [0, 0.1) is 5.41 Å². The summed E-state index contributed by atoms with van der Waals surface area (Å²) in [5.41, 5.74) is 0.634. The number of fused-ring (bicyclic) bond motifs is 1. The van der Waals surface area contributed by atoms with E-state index in [1.807, 2.05) is 0 Å². The Hall–Kier alpha value is -4.59. The molecule has 3 aromatic heterocycles. The van der Waals surface area contributed by atoms with E-state index < -0.39 is 30.4 Å². The Labute approximate surface area is 221 Å². The Morgan fingerprint density at radius 1 is 1.00 bits per heavy atom. The van der Waals surface area contributed by atoms with Gasteiger partial charge in [0.15, 0.2) is 0 Å². The van der Waals surface area contributed by atoms with Crippen LogP contribution in [-0.4, -0.2) is 33.0 Å². The Morgan fingerprint density at radius 2 is 1.70 bits per heavy atom. The van der Waals surface area contributed by atoms with Crippen molar-refractivity contribution in [3.8, 4) is 22.3 Å². The molecule has 4 rings (SSSR count). The molecular formula is C26H21F6N5O3. The summed E-state index contributed by atoms with van der Waals surface area (Å²) in [6.07, 6.45) is -5.41. The minimum atomic E-state index is -4.83. The number of benzene rings is 1. The first kappa shape index (κ1) is 28.4. The van der Waals surface area contributed by atoms with E-state index in [-0.39, 0.29) is 27.7 Å². The third kappa shape index (κ3) is 6.17. The van der Waals surface area contributed by atoms with E-state index in [4.69, 9.17) is 5.41 Å². The average Bonchev–Trinajstić information content (AvgIpc) is 3.31. The third-order valence-electron chi connectivity index (χ3n) is 5.98. The topological polar surface area (TPSA) is 105 Å². The van der Waals surface area contributed by atoms with Crippen LogP contribution in [0.25, 0.3) is 38.7 Å². The van der Waals surface area contributed by atoms with Crippen LogP contribution in [0.2, 0.25) is 0 Å². The van der Waals surface area contributed by atoms with Crippen LogP contribution in [0.1, 0.15) is 11.3 Å². The SMILES string of the molecule is Cn1cc(-c2cccc(COC(F)(F)F)c2)c(-c2cn(C)c(=O)c3[nH]c(/C(C=N)=C/NC(F)(F)F)cc23)cc1=O. The first-order chi connectivity index (χ1) is 18.7. The number of alkyl halides is 6. The molecule has 4 aromatic rings. The first-order valence-electron chi connectivity index (χ1n) is 11.5. The third-order valence-corrected chi connectivity index (χ3v) is 5.98. The highest BCUT2D eigenvalue weighted by Crippen LogP contribution is 2.36. The summed E-state index contributed by atoms with van der Waals surface area (Å²) in [6, 6.07) is 8.74. The summed E-state index contributed by atoms with van der Waals surface area (Å²) in [7, 11) is 2.94. The van der Waals surface area contributed by atoms with Crippen molar-refractivity contribution in [3.05, 3.63) is 87.0 Å². The van der Waals surface area contributed by atoms with Crippen molar-refractivity contribution in [2.45, 2.75) is 19.3 Å². The summed E-state index contributed by atoms with van der Waals surface area (Å²) in [5, 5.41) is 9.02. The zero-order valence-corrected chi connectivity index (χ0v) is 20.9. The van der Waals surface area contributed by atoms with Gasteiger partial charge < -0.3 is 24.8 Å². The monoisotopic (exact) mass is 565 g/mol. The standard InChI is InChI=1S/C26H21F6N5O3/c1-36-11-19(15-5-3-4-14(6-15)13-40-26(30,31)32)17(8-22(36)38)20-12-37(2)24(39)23-18(20)7-21(35-23)16(9-33)10-34-25(27,28)29/h3-12,33-35H,13H2,1-2H3/b16-10+,33-9?. The fraction of sp³-hybridized carbons (Fsp3) is 0.192. The summed E-state index contributed by atoms with van der Waals surface area (Å²) in [5.74, 6) is 0. The maximum atomic E-state index is 12.9. The molecule has 0 radical (unpaired) electrons. The Balaban J connectivity index is 1.93. The maximum absolute atomic E-state index is 12.9. The van der Waals surface area contributed by atoms with E-state index in [2.05, 4.69) is 9.72 Å². The molecule has 40 heavy (non-hydrogen) atoms. The molecule has 210 valence electrons. The Kier molecular flexibility index (Phi) is 7.48. The van der Waals surface area contributed by atoms with Gasteiger partial charge in [-0.05, 0) is 28.8 Å². The van der Waals surface area contributed by atoms with Crippen molar-refractivity contribution < 1.29 is 31.1 Å². The number of halogens is 6. The molecule has 3 N–H and O–H groups in total. The van der Waals surface area contributed by atoms with Gasteiger partial charge in [-0.1, -0.05) is 18.2 Å². The van der Waals surface area contributed by atoms with Crippen molar-refractivity contribution in [3.63, 3.8) is 0 Å². The van der Waals surface area contributed by atoms with Gasteiger partial charge in [-0.3, -0.25) is 14.3 Å². The normalized spacial score (nSPS) is 12.7. The molecule has 0 aliphatic carbocycles. The fourth-order valence-corrected chi connectivity index (χ4v) is 4.14. The summed E-state index contributed by atoms with van der Waals surface area (Å²) in [6.45, 7) is -0.742. The van der Waals surface area contributed by atoms with Crippen molar-refractivity contribution in [2.75, 3.05) is 0 Å². The second-order valence-corrected chi connectivity index (χ2v) is 8.80. The zero-order valence-electron chi connectivity index (χ0n) is 20.9. The molecule has 0 saturated heterocycles. The van der Waals surface area contributed by atoms with Crippen LogP contribution in [0.15, 0.2) is 64.6 Å². The summed E-state index contributed by atoms with van der Waals surface area (Å²) < 4.78 is 82.3. The molecule has 14 heteroatoms. The lowest BCUT2D eigenvalue weighted by molar-refractivity contribution is -0.330. The second kappa shape index (κ2) is 10.5. The van der Waals surface area contributed by atoms with Crippen LogP contribution in [0.4, 0.5) is 26.3 Å². The zero-order chi connectivity index (χ0) is 29.4. The highest BCUT2D eigenvalue weighted by Gasteiger charge is 2.29. The summed E-state index contributed by atoms with van der Waals surface area (Å²) in [4.78, 5) is 28.4. The number of nitrogens with zero attached hydrogens (tertiary/aromatic N) is 2. The van der Waals surface area contributed by atoms with Gasteiger partial charge in [-0.25, -0.2) is 0 Å². The maximum Gasteiger partial charge on any atom is 0.522 e. The number of pyridine rings is 2. The van der Waals surface area contributed by atoms with E-state index in [0.29, 0.717) is 34.7 Å². The highest BCUT2D eigenvalue weighted by atomic mass is 19.4. The minimum absolute atomic E-state index is 0.00807. The average molecular weight is 565 g/mol. The van der Waals surface area contributed by atoms with E-state index in [9.17, 15) is 35.9 Å². The van der Waals surface area contributed by atoms with Gasteiger partial charge in [-0.15, -0.1) is 13.2 Å². The van der Waals surface area contributed by atoms with Crippen molar-refractivity contribution >= 4 is 22.7 Å². The van der Waals surface area contributed by atoms with Crippen LogP contribution in [0.5, 0.6) is 0 Å². The van der Waals surface area contributed by atoms with Crippen LogP contribution < -0.4 is 16.4 Å². The number of hydrogen-bond acceptors (Lipinski definition) is 5. The molecule has 0 saturated carbocycles. The Bertz CT molecular complexity index is 1750. The van der Waals surface area contributed by atoms with Gasteiger partial charge in [0.25, 0.3) is 11.1 Å². The van der Waals surface area contributed by atoms with E-state index in [1.54, 1.807) is 6.07 Å². The lowest BCUT2D eigenvalue weighted by atomic mass is 9.94. The lowest BCUT2D eigenvalue weighted by Gasteiger charge is -2.15. The van der Waals surface area contributed by atoms with Crippen molar-refractivity contribution in [2.24, 2.45) is 14.1 Å². The molecule has 3 heterocycles. The van der Waals surface area contributed by atoms with Gasteiger partial charge in [0.05, 0.1) is 6.61 Å². The molecule has 0 aliphatic heterocycles. The molecule has 0 unspecified atom stereocenters. The molecule has 8 nitrogen and oxygen atoms in total. The van der Waals surface area contributed by atoms with Gasteiger partial charge in [0.2, 0.25) is 0 Å². The van der Waals surface area contributed by atoms with E-state index >= 15 is 0 Å².